The second-order valence-electron chi connectivity index (χ2n) is 4.00. The fourth-order valence-corrected chi connectivity index (χ4v) is 1.49. The van der Waals surface area contributed by atoms with Gasteiger partial charge in [-0.2, -0.15) is 5.10 Å². The van der Waals surface area contributed by atoms with Crippen molar-refractivity contribution in [2.75, 3.05) is 19.8 Å². The highest BCUT2D eigenvalue weighted by atomic mass is 16.6. The van der Waals surface area contributed by atoms with E-state index in [-0.39, 0.29) is 12.6 Å². The molecule has 1 rings (SSSR count). The van der Waals surface area contributed by atoms with Crippen LogP contribution < -0.4 is 20.9 Å². The number of esters is 1. The zero-order valence-corrected chi connectivity index (χ0v) is 12.6. The number of benzene rings is 1. The first-order valence-corrected chi connectivity index (χ1v) is 6.74. The highest BCUT2D eigenvalue weighted by Gasteiger charge is 2.09. The topological polar surface area (TPSA) is 122 Å². The molecule has 0 amide bonds. The molecule has 8 nitrogen and oxygen atoms in total. The minimum atomic E-state index is -0.441. The molecule has 0 aliphatic rings. The number of carbonyl (C=O) groups excluding carboxylic acids is 1. The van der Waals surface area contributed by atoms with Crippen molar-refractivity contribution in [3.63, 3.8) is 0 Å². The van der Waals surface area contributed by atoms with E-state index in [1.54, 1.807) is 25.1 Å². The summed E-state index contributed by atoms with van der Waals surface area (Å²) in [7, 11) is 0. The summed E-state index contributed by atoms with van der Waals surface area (Å²) in [6, 6.07) is 5.10. The molecule has 0 aromatic heterocycles. The van der Waals surface area contributed by atoms with Gasteiger partial charge in [0.1, 0.15) is 0 Å². The van der Waals surface area contributed by atoms with Gasteiger partial charge < -0.3 is 25.7 Å². The van der Waals surface area contributed by atoms with E-state index in [1.165, 1.54) is 6.21 Å². The minimum Gasteiger partial charge on any atom is -0.490 e. The van der Waals surface area contributed by atoms with E-state index in [9.17, 15) is 4.79 Å². The molecular weight excluding hydrogens is 288 g/mol. The summed E-state index contributed by atoms with van der Waals surface area (Å²) in [6.45, 7) is 4.14. The smallest absolute Gasteiger partial charge is 0.344 e. The molecule has 0 aliphatic carbocycles. The molecule has 0 spiro atoms. The SMILES string of the molecule is CCOC(=O)COc1ccc(C=NN=C(N)N)cc1OCC. The summed E-state index contributed by atoms with van der Waals surface area (Å²) < 4.78 is 15.7. The molecule has 1 aromatic carbocycles. The normalized spacial score (nSPS) is 10.3. The Labute approximate surface area is 128 Å². The predicted octanol–water partition coefficient (Wildman–Crippen LogP) is 0.635. The van der Waals surface area contributed by atoms with Gasteiger partial charge in [0.15, 0.2) is 18.1 Å². The number of nitrogens with two attached hydrogens (primary N) is 2. The number of nitrogens with zero attached hydrogens (tertiary/aromatic N) is 2. The predicted molar refractivity (Wildman–Crippen MR) is 83.1 cm³/mol. The van der Waals surface area contributed by atoms with Crippen LogP contribution in [0, 0.1) is 0 Å². The van der Waals surface area contributed by atoms with Gasteiger partial charge in [-0.15, -0.1) is 5.10 Å². The maximum absolute atomic E-state index is 11.3. The average molecular weight is 308 g/mol. The van der Waals surface area contributed by atoms with Crippen LogP contribution in [0.3, 0.4) is 0 Å². The van der Waals surface area contributed by atoms with Crippen molar-refractivity contribution >= 4 is 18.1 Å². The Bertz CT molecular complexity index is 554. The van der Waals surface area contributed by atoms with E-state index in [0.717, 1.165) is 5.56 Å². The molecule has 1 aromatic rings. The van der Waals surface area contributed by atoms with Crippen LogP contribution in [0.1, 0.15) is 19.4 Å². The van der Waals surface area contributed by atoms with Gasteiger partial charge in [0.25, 0.3) is 0 Å². The molecule has 0 radical (unpaired) electrons. The number of ether oxygens (including phenoxy) is 3. The first kappa shape index (κ1) is 17.3. The Kier molecular flexibility index (Phi) is 7.24. The van der Waals surface area contributed by atoms with Crippen molar-refractivity contribution in [3.8, 4) is 11.5 Å². The van der Waals surface area contributed by atoms with Crippen LogP contribution >= 0.6 is 0 Å². The zero-order chi connectivity index (χ0) is 16.4. The summed E-state index contributed by atoms with van der Waals surface area (Å²) in [5.74, 6) is 0.355. The molecule has 0 saturated carbocycles. The molecule has 0 atom stereocenters. The fourth-order valence-electron chi connectivity index (χ4n) is 1.49. The Morgan fingerprint density at radius 1 is 1.18 bits per heavy atom. The van der Waals surface area contributed by atoms with E-state index >= 15 is 0 Å². The molecule has 8 heteroatoms. The Morgan fingerprint density at radius 2 is 1.95 bits per heavy atom. The third-order valence-corrected chi connectivity index (χ3v) is 2.30. The molecular formula is C14H20N4O4. The van der Waals surface area contributed by atoms with Crippen LogP contribution in [0.4, 0.5) is 0 Å². The van der Waals surface area contributed by atoms with Crippen molar-refractivity contribution in [1.29, 1.82) is 0 Å². The molecule has 120 valence electrons. The average Bonchev–Trinajstić information content (AvgIpc) is 2.46. The zero-order valence-electron chi connectivity index (χ0n) is 12.6. The van der Waals surface area contributed by atoms with Gasteiger partial charge in [0, 0.05) is 0 Å². The molecule has 0 aliphatic heterocycles. The highest BCUT2D eigenvalue weighted by molar-refractivity contribution is 5.82. The van der Waals surface area contributed by atoms with Crippen molar-refractivity contribution in [1.82, 2.24) is 0 Å². The van der Waals surface area contributed by atoms with Gasteiger partial charge in [-0.25, -0.2) is 4.79 Å². The molecule has 0 unspecified atom stereocenters. The fraction of sp³-hybridized carbons (Fsp3) is 0.357. The number of hydrogen-bond donors (Lipinski definition) is 2. The summed E-state index contributed by atoms with van der Waals surface area (Å²) in [4.78, 5) is 11.3. The lowest BCUT2D eigenvalue weighted by Gasteiger charge is -2.12. The molecule has 0 fully saturated rings. The van der Waals surface area contributed by atoms with E-state index in [2.05, 4.69) is 10.2 Å². The van der Waals surface area contributed by atoms with E-state index in [1.807, 2.05) is 6.92 Å². The summed E-state index contributed by atoms with van der Waals surface area (Å²) in [5, 5.41) is 7.22. The van der Waals surface area contributed by atoms with Gasteiger partial charge in [0.05, 0.1) is 19.4 Å². The van der Waals surface area contributed by atoms with Crippen molar-refractivity contribution in [2.24, 2.45) is 21.7 Å². The molecule has 4 N–H and O–H groups in total. The van der Waals surface area contributed by atoms with Crippen molar-refractivity contribution < 1.29 is 19.0 Å². The lowest BCUT2D eigenvalue weighted by molar-refractivity contribution is -0.145. The van der Waals surface area contributed by atoms with E-state index in [4.69, 9.17) is 25.7 Å². The standard InChI is InChI=1S/C14H20N4O4/c1-3-20-12-7-10(8-17-18-14(15)16)5-6-11(12)22-9-13(19)21-4-2/h5-8H,3-4,9H2,1-2H3,(H4,15,16,18). The summed E-state index contributed by atoms with van der Waals surface area (Å²) in [6.07, 6.45) is 1.47. The molecule has 22 heavy (non-hydrogen) atoms. The van der Waals surface area contributed by atoms with Crippen LogP contribution in [-0.2, 0) is 9.53 Å². The number of carbonyl (C=O) groups is 1. The van der Waals surface area contributed by atoms with Gasteiger partial charge in [-0.1, -0.05) is 0 Å². The van der Waals surface area contributed by atoms with Gasteiger partial charge in [0.2, 0.25) is 5.96 Å². The highest BCUT2D eigenvalue weighted by Crippen LogP contribution is 2.28. The van der Waals surface area contributed by atoms with Gasteiger partial charge in [-0.3, -0.25) is 0 Å². The van der Waals surface area contributed by atoms with Gasteiger partial charge >= 0.3 is 5.97 Å². The third-order valence-electron chi connectivity index (χ3n) is 2.30. The van der Waals surface area contributed by atoms with Crippen LogP contribution in [0.5, 0.6) is 11.5 Å². The maximum Gasteiger partial charge on any atom is 0.344 e. The van der Waals surface area contributed by atoms with E-state index in [0.29, 0.717) is 24.7 Å². The van der Waals surface area contributed by atoms with Crippen LogP contribution in [-0.4, -0.2) is 38.0 Å². The van der Waals surface area contributed by atoms with E-state index < -0.39 is 5.97 Å². The summed E-state index contributed by atoms with van der Waals surface area (Å²) in [5.41, 5.74) is 11.1. The maximum atomic E-state index is 11.3. The second kappa shape index (κ2) is 9.22. The van der Waals surface area contributed by atoms with Crippen molar-refractivity contribution in [3.05, 3.63) is 23.8 Å². The quantitative estimate of drug-likeness (QED) is 0.314. The second-order valence-corrected chi connectivity index (χ2v) is 4.00. The van der Waals surface area contributed by atoms with Crippen LogP contribution in [0.25, 0.3) is 0 Å². The largest absolute Gasteiger partial charge is 0.490 e. The Morgan fingerprint density at radius 3 is 2.59 bits per heavy atom. The number of guanidine groups is 1. The Hall–Kier alpha value is -2.77. The molecule has 0 heterocycles. The number of hydrogen-bond acceptors (Lipinski definition) is 6. The molecule has 0 saturated heterocycles. The van der Waals surface area contributed by atoms with Crippen molar-refractivity contribution in [2.45, 2.75) is 13.8 Å². The van der Waals surface area contributed by atoms with Gasteiger partial charge in [-0.05, 0) is 37.6 Å². The summed E-state index contributed by atoms with van der Waals surface area (Å²) >= 11 is 0. The lowest BCUT2D eigenvalue weighted by Crippen LogP contribution is -2.21. The van der Waals surface area contributed by atoms with Crippen LogP contribution in [0.2, 0.25) is 0 Å². The molecule has 0 bridgehead atoms. The monoisotopic (exact) mass is 308 g/mol. The first-order chi connectivity index (χ1) is 10.6. The first-order valence-electron chi connectivity index (χ1n) is 6.74. The third kappa shape index (κ3) is 6.12. The Balaban J connectivity index is 2.83. The minimum absolute atomic E-state index is 0.129. The van der Waals surface area contributed by atoms with Crippen LogP contribution in [0.15, 0.2) is 28.4 Å². The lowest BCUT2D eigenvalue weighted by atomic mass is 10.2. The number of rotatable bonds is 8.